The summed E-state index contributed by atoms with van der Waals surface area (Å²) >= 11 is 0. The first-order valence-corrected chi connectivity index (χ1v) is 6.07. The summed E-state index contributed by atoms with van der Waals surface area (Å²) in [5.74, 6) is -0.227. The highest BCUT2D eigenvalue weighted by Crippen LogP contribution is 2.08. The van der Waals surface area contributed by atoms with Gasteiger partial charge in [0.1, 0.15) is 0 Å². The third-order valence-electron chi connectivity index (χ3n) is 2.35. The number of ether oxygens (including phenoxy) is 1. The maximum atomic E-state index is 11.4. The van der Waals surface area contributed by atoms with E-state index in [1.807, 2.05) is 14.1 Å². The van der Waals surface area contributed by atoms with E-state index in [0.717, 1.165) is 38.6 Å². The number of esters is 1. The molecule has 0 heterocycles. The molecule has 0 radical (unpaired) electrons. The molecule has 0 bridgehead atoms. The van der Waals surface area contributed by atoms with Crippen LogP contribution in [0.3, 0.4) is 0 Å². The summed E-state index contributed by atoms with van der Waals surface area (Å²) < 4.78 is 5.12. The molecule has 0 atom stereocenters. The van der Waals surface area contributed by atoms with Gasteiger partial charge in [-0.15, -0.1) is 0 Å². The number of hydrogen-bond donors (Lipinski definition) is 0. The van der Waals surface area contributed by atoms with Crippen LogP contribution in [0.15, 0.2) is 12.2 Å². The fourth-order valence-corrected chi connectivity index (χ4v) is 1.34. The summed E-state index contributed by atoms with van der Waals surface area (Å²) in [6, 6.07) is 0. The molecular weight excluding hydrogens is 202 g/mol. The smallest absolute Gasteiger partial charge is 0.333 e. The predicted octanol–water partition coefficient (Wildman–Crippen LogP) is 2.62. The van der Waals surface area contributed by atoms with Crippen molar-refractivity contribution in [3.8, 4) is 0 Å². The quantitative estimate of drug-likeness (QED) is 0.344. The van der Waals surface area contributed by atoms with E-state index in [9.17, 15) is 4.79 Å². The van der Waals surface area contributed by atoms with Crippen LogP contribution in [0.25, 0.3) is 0 Å². The maximum absolute atomic E-state index is 11.4. The first-order valence-electron chi connectivity index (χ1n) is 6.07. The Bertz CT molecular complexity index is 212. The molecule has 16 heavy (non-hydrogen) atoms. The van der Waals surface area contributed by atoms with Crippen LogP contribution in [0.5, 0.6) is 0 Å². The molecular formula is C13H25NO2. The molecule has 0 aliphatic carbocycles. The van der Waals surface area contributed by atoms with Crippen LogP contribution >= 0.6 is 0 Å². The van der Waals surface area contributed by atoms with Crippen molar-refractivity contribution in [1.82, 2.24) is 4.90 Å². The lowest BCUT2D eigenvalue weighted by Gasteiger charge is -2.10. The number of carbonyl (C=O) groups excluding carboxylic acids is 1. The lowest BCUT2D eigenvalue weighted by molar-refractivity contribution is -0.139. The second-order valence-corrected chi connectivity index (χ2v) is 4.35. The van der Waals surface area contributed by atoms with E-state index in [1.165, 1.54) is 0 Å². The van der Waals surface area contributed by atoms with Crippen LogP contribution in [0.1, 0.15) is 39.0 Å². The predicted molar refractivity (Wildman–Crippen MR) is 67.4 cm³/mol. The van der Waals surface area contributed by atoms with Crippen LogP contribution in [0.4, 0.5) is 0 Å². The standard InChI is InChI=1S/C13H25NO2/c1-5-6-7-9-12(2)13(15)16-11-8-10-14(3)4/h2,5-11H2,1,3-4H3. The number of unbranched alkanes of at least 4 members (excludes halogenated alkanes) is 2. The van der Waals surface area contributed by atoms with Crippen molar-refractivity contribution in [2.75, 3.05) is 27.2 Å². The number of carbonyl (C=O) groups is 1. The molecule has 0 rings (SSSR count). The molecule has 0 fully saturated rings. The van der Waals surface area contributed by atoms with Gasteiger partial charge in [-0.05, 0) is 33.4 Å². The van der Waals surface area contributed by atoms with Gasteiger partial charge in [0.05, 0.1) is 6.61 Å². The average molecular weight is 227 g/mol. The third kappa shape index (κ3) is 8.48. The first-order chi connectivity index (χ1) is 7.57. The van der Waals surface area contributed by atoms with E-state index >= 15 is 0 Å². The van der Waals surface area contributed by atoms with Crippen LogP contribution in [-0.2, 0) is 9.53 Å². The lowest BCUT2D eigenvalue weighted by atomic mass is 10.1. The summed E-state index contributed by atoms with van der Waals surface area (Å²) in [5.41, 5.74) is 0.610. The zero-order valence-corrected chi connectivity index (χ0v) is 10.9. The van der Waals surface area contributed by atoms with E-state index in [4.69, 9.17) is 4.74 Å². The highest BCUT2D eigenvalue weighted by molar-refractivity contribution is 5.87. The van der Waals surface area contributed by atoms with Gasteiger partial charge in [-0.2, -0.15) is 0 Å². The van der Waals surface area contributed by atoms with E-state index < -0.39 is 0 Å². The van der Waals surface area contributed by atoms with Crippen molar-refractivity contribution in [1.29, 1.82) is 0 Å². The number of rotatable bonds is 9. The van der Waals surface area contributed by atoms with E-state index in [-0.39, 0.29) is 5.97 Å². The van der Waals surface area contributed by atoms with Crippen molar-refractivity contribution in [2.45, 2.75) is 39.0 Å². The topological polar surface area (TPSA) is 29.5 Å². The van der Waals surface area contributed by atoms with Gasteiger partial charge in [0.25, 0.3) is 0 Å². The van der Waals surface area contributed by atoms with E-state index in [1.54, 1.807) is 0 Å². The minimum absolute atomic E-state index is 0.227. The molecule has 0 unspecified atom stereocenters. The second-order valence-electron chi connectivity index (χ2n) is 4.35. The molecule has 3 nitrogen and oxygen atoms in total. The molecule has 94 valence electrons. The highest BCUT2D eigenvalue weighted by Gasteiger charge is 2.07. The van der Waals surface area contributed by atoms with Crippen molar-refractivity contribution in [3.63, 3.8) is 0 Å². The first kappa shape index (κ1) is 15.2. The van der Waals surface area contributed by atoms with Gasteiger partial charge in [0.15, 0.2) is 0 Å². The molecule has 0 aromatic rings. The maximum Gasteiger partial charge on any atom is 0.333 e. The van der Waals surface area contributed by atoms with Crippen LogP contribution in [0, 0.1) is 0 Å². The van der Waals surface area contributed by atoms with Gasteiger partial charge < -0.3 is 9.64 Å². The molecule has 0 spiro atoms. The van der Waals surface area contributed by atoms with Gasteiger partial charge in [-0.1, -0.05) is 26.3 Å². The number of nitrogens with zero attached hydrogens (tertiary/aromatic N) is 1. The fraction of sp³-hybridized carbons (Fsp3) is 0.769. The SMILES string of the molecule is C=C(CCCCC)C(=O)OCCCN(C)C. The number of hydrogen-bond acceptors (Lipinski definition) is 3. The lowest BCUT2D eigenvalue weighted by Crippen LogP contribution is -2.16. The molecule has 0 saturated heterocycles. The minimum Gasteiger partial charge on any atom is -0.462 e. The summed E-state index contributed by atoms with van der Waals surface area (Å²) in [6.07, 6.45) is 4.97. The molecule has 0 aliphatic heterocycles. The highest BCUT2D eigenvalue weighted by atomic mass is 16.5. The molecule has 0 amide bonds. The average Bonchev–Trinajstić information content (AvgIpc) is 2.24. The molecule has 0 aromatic heterocycles. The monoisotopic (exact) mass is 227 g/mol. The molecule has 0 saturated carbocycles. The Hall–Kier alpha value is -0.830. The largest absolute Gasteiger partial charge is 0.462 e. The zero-order chi connectivity index (χ0) is 12.4. The Labute approximate surface area is 99.5 Å². The molecule has 3 heteroatoms. The summed E-state index contributed by atoms with van der Waals surface area (Å²) in [7, 11) is 4.01. The van der Waals surface area contributed by atoms with Gasteiger partial charge in [0.2, 0.25) is 0 Å². The van der Waals surface area contributed by atoms with Crippen LogP contribution in [-0.4, -0.2) is 38.1 Å². The molecule has 0 aliphatic rings. The van der Waals surface area contributed by atoms with Gasteiger partial charge in [-0.3, -0.25) is 0 Å². The Morgan fingerprint density at radius 1 is 1.25 bits per heavy atom. The van der Waals surface area contributed by atoms with Gasteiger partial charge >= 0.3 is 5.97 Å². The summed E-state index contributed by atoms with van der Waals surface area (Å²) in [5, 5.41) is 0. The van der Waals surface area contributed by atoms with Gasteiger partial charge in [0, 0.05) is 12.1 Å². The second kappa shape index (κ2) is 9.40. The Balaban J connectivity index is 3.52. The third-order valence-corrected chi connectivity index (χ3v) is 2.35. The van der Waals surface area contributed by atoms with Crippen molar-refractivity contribution in [3.05, 3.63) is 12.2 Å². The Morgan fingerprint density at radius 2 is 1.94 bits per heavy atom. The summed E-state index contributed by atoms with van der Waals surface area (Å²) in [4.78, 5) is 13.5. The van der Waals surface area contributed by atoms with Crippen molar-refractivity contribution < 1.29 is 9.53 Å². The van der Waals surface area contributed by atoms with E-state index in [0.29, 0.717) is 12.2 Å². The zero-order valence-electron chi connectivity index (χ0n) is 10.9. The summed E-state index contributed by atoms with van der Waals surface area (Å²) in [6.45, 7) is 7.33. The molecule has 0 aromatic carbocycles. The van der Waals surface area contributed by atoms with Crippen LogP contribution in [0.2, 0.25) is 0 Å². The van der Waals surface area contributed by atoms with Crippen molar-refractivity contribution in [2.24, 2.45) is 0 Å². The fourth-order valence-electron chi connectivity index (χ4n) is 1.34. The Kier molecular flexibility index (Phi) is 8.91. The van der Waals surface area contributed by atoms with E-state index in [2.05, 4.69) is 18.4 Å². The van der Waals surface area contributed by atoms with Crippen LogP contribution < -0.4 is 0 Å². The van der Waals surface area contributed by atoms with Gasteiger partial charge in [-0.25, -0.2) is 4.79 Å². The minimum atomic E-state index is -0.227. The van der Waals surface area contributed by atoms with Crippen molar-refractivity contribution >= 4 is 5.97 Å². The normalized spacial score (nSPS) is 10.5. The molecule has 0 N–H and O–H groups in total. The Morgan fingerprint density at radius 3 is 2.50 bits per heavy atom.